The van der Waals surface area contributed by atoms with Gasteiger partial charge in [-0.15, -0.1) is 0 Å². The van der Waals surface area contributed by atoms with E-state index in [0.29, 0.717) is 24.0 Å². The highest BCUT2D eigenvalue weighted by Crippen LogP contribution is 2.30. The molecule has 1 aliphatic rings. The van der Waals surface area contributed by atoms with Crippen LogP contribution in [0.3, 0.4) is 0 Å². The highest BCUT2D eigenvalue weighted by atomic mass is 16.5. The van der Waals surface area contributed by atoms with Gasteiger partial charge in [0.25, 0.3) is 0 Å². The summed E-state index contributed by atoms with van der Waals surface area (Å²) in [6, 6.07) is 8.59. The zero-order valence-electron chi connectivity index (χ0n) is 15.2. The maximum absolute atomic E-state index is 11.6. The molecule has 1 amide bonds. The Morgan fingerprint density at radius 1 is 1.36 bits per heavy atom. The minimum absolute atomic E-state index is 0.0262. The molecule has 1 saturated carbocycles. The molecular formula is C19H19N5O4. The van der Waals surface area contributed by atoms with Crippen LogP contribution in [0.5, 0.6) is 5.88 Å². The Kier molecular flexibility index (Phi) is 5.40. The van der Waals surface area contributed by atoms with Gasteiger partial charge in [0.15, 0.2) is 11.4 Å². The fraction of sp³-hybridized carbons (Fsp3) is 0.316. The van der Waals surface area contributed by atoms with Crippen LogP contribution in [0, 0.1) is 11.3 Å². The predicted molar refractivity (Wildman–Crippen MR) is 99.4 cm³/mol. The molecule has 0 spiro atoms. The summed E-state index contributed by atoms with van der Waals surface area (Å²) >= 11 is 0. The number of nitrogens with zero attached hydrogens (tertiary/aromatic N) is 3. The van der Waals surface area contributed by atoms with Crippen LogP contribution in [0.4, 0.5) is 5.82 Å². The van der Waals surface area contributed by atoms with Crippen LogP contribution in [0.25, 0.3) is 11.4 Å². The number of carboxylic acids is 1. The number of carboxylic acid groups (broad SMARTS) is 1. The van der Waals surface area contributed by atoms with Crippen LogP contribution in [0.2, 0.25) is 0 Å². The van der Waals surface area contributed by atoms with E-state index in [1.54, 1.807) is 24.3 Å². The molecule has 0 radical (unpaired) electrons. The summed E-state index contributed by atoms with van der Waals surface area (Å²) < 4.78 is 5.85. The number of rotatable bonds is 5. The van der Waals surface area contributed by atoms with Gasteiger partial charge in [0, 0.05) is 24.9 Å². The number of carbonyl (C=O) groups excluding carboxylic acids is 1. The van der Waals surface area contributed by atoms with Gasteiger partial charge in [-0.2, -0.15) is 10.2 Å². The molecule has 2 atom stereocenters. The van der Waals surface area contributed by atoms with Crippen LogP contribution < -0.4 is 15.8 Å². The maximum Gasteiger partial charge on any atom is 0.345 e. The first-order valence-electron chi connectivity index (χ1n) is 8.72. The van der Waals surface area contributed by atoms with E-state index < -0.39 is 5.97 Å². The molecule has 28 heavy (non-hydrogen) atoms. The standard InChI is InChI=1S/C19H19N5O4/c1-10(25)22-13-5-6-14(8-13)28-18-15(19(26)27)16(21)23-17(24-18)12-4-2-3-11(7-12)9-20/h2-4,7,13-14H,5-6,8H2,1H3,(H,22,25)(H,26,27)(H2,21,23,24). The fourth-order valence-corrected chi connectivity index (χ4v) is 3.22. The van der Waals surface area contributed by atoms with Crippen molar-refractivity contribution >= 4 is 17.7 Å². The van der Waals surface area contributed by atoms with E-state index in [1.807, 2.05) is 6.07 Å². The lowest BCUT2D eigenvalue weighted by atomic mass is 10.1. The molecular weight excluding hydrogens is 362 g/mol. The van der Waals surface area contributed by atoms with Crippen LogP contribution >= 0.6 is 0 Å². The molecule has 2 aromatic rings. The second-order valence-electron chi connectivity index (χ2n) is 6.56. The first kappa shape index (κ1) is 19.1. The third-order valence-electron chi connectivity index (χ3n) is 4.44. The summed E-state index contributed by atoms with van der Waals surface area (Å²) in [5.74, 6) is -1.58. The predicted octanol–water partition coefficient (Wildman–Crippen LogP) is 1.73. The van der Waals surface area contributed by atoms with Gasteiger partial charge in [0.2, 0.25) is 11.8 Å². The van der Waals surface area contributed by atoms with Gasteiger partial charge in [-0.25, -0.2) is 9.78 Å². The van der Waals surface area contributed by atoms with E-state index in [4.69, 9.17) is 15.7 Å². The van der Waals surface area contributed by atoms with Gasteiger partial charge in [-0.05, 0) is 25.0 Å². The van der Waals surface area contributed by atoms with Gasteiger partial charge in [-0.3, -0.25) is 4.79 Å². The average Bonchev–Trinajstić information content (AvgIpc) is 3.07. The van der Waals surface area contributed by atoms with E-state index in [9.17, 15) is 14.7 Å². The Labute approximate surface area is 161 Å². The number of nitrogens with two attached hydrogens (primary N) is 1. The number of hydrogen-bond donors (Lipinski definition) is 3. The summed E-state index contributed by atoms with van der Waals surface area (Å²) in [6.45, 7) is 1.45. The number of ether oxygens (including phenoxy) is 1. The van der Waals surface area contributed by atoms with Crippen molar-refractivity contribution in [2.24, 2.45) is 0 Å². The molecule has 9 nitrogen and oxygen atoms in total. The number of aromatic carboxylic acids is 1. The zero-order chi connectivity index (χ0) is 20.3. The molecule has 0 aliphatic heterocycles. The van der Waals surface area contributed by atoms with Crippen molar-refractivity contribution in [2.45, 2.75) is 38.3 Å². The molecule has 9 heteroatoms. The van der Waals surface area contributed by atoms with Crippen molar-refractivity contribution in [3.8, 4) is 23.3 Å². The summed E-state index contributed by atoms with van der Waals surface area (Å²) in [4.78, 5) is 31.2. The lowest BCUT2D eigenvalue weighted by Gasteiger charge is -2.17. The first-order chi connectivity index (χ1) is 13.4. The Bertz CT molecular complexity index is 969. The van der Waals surface area contributed by atoms with Crippen molar-refractivity contribution in [1.82, 2.24) is 15.3 Å². The number of aromatic nitrogens is 2. The number of carbonyl (C=O) groups is 2. The number of amides is 1. The molecule has 0 saturated heterocycles. The van der Waals surface area contributed by atoms with Gasteiger partial charge < -0.3 is 20.9 Å². The number of nitrogens with one attached hydrogen (secondary N) is 1. The van der Waals surface area contributed by atoms with Gasteiger partial charge in [0.1, 0.15) is 11.9 Å². The van der Waals surface area contributed by atoms with Crippen molar-refractivity contribution in [2.75, 3.05) is 5.73 Å². The molecule has 1 fully saturated rings. The van der Waals surface area contributed by atoms with E-state index >= 15 is 0 Å². The van der Waals surface area contributed by atoms with E-state index in [1.165, 1.54) is 6.92 Å². The Balaban J connectivity index is 1.92. The SMILES string of the molecule is CC(=O)NC1CCC(Oc2nc(-c3cccc(C#N)c3)nc(N)c2C(=O)O)C1. The zero-order valence-corrected chi connectivity index (χ0v) is 15.2. The lowest BCUT2D eigenvalue weighted by Crippen LogP contribution is -2.31. The molecule has 1 aliphatic carbocycles. The highest BCUT2D eigenvalue weighted by Gasteiger charge is 2.30. The van der Waals surface area contributed by atoms with Crippen molar-refractivity contribution in [3.05, 3.63) is 35.4 Å². The molecule has 2 unspecified atom stereocenters. The fourth-order valence-electron chi connectivity index (χ4n) is 3.22. The molecule has 144 valence electrons. The monoisotopic (exact) mass is 381 g/mol. The summed E-state index contributed by atoms with van der Waals surface area (Å²) in [6.07, 6.45) is 1.61. The van der Waals surface area contributed by atoms with E-state index in [-0.39, 0.29) is 41.1 Å². The van der Waals surface area contributed by atoms with Crippen LogP contribution in [-0.4, -0.2) is 39.1 Å². The topological polar surface area (TPSA) is 151 Å². The number of benzene rings is 1. The average molecular weight is 381 g/mol. The van der Waals surface area contributed by atoms with E-state index in [2.05, 4.69) is 15.3 Å². The minimum Gasteiger partial charge on any atom is -0.477 e. The normalized spacial score (nSPS) is 18.3. The Hall–Kier alpha value is -3.67. The van der Waals surface area contributed by atoms with Crippen LogP contribution in [0.15, 0.2) is 24.3 Å². The summed E-state index contributed by atoms with van der Waals surface area (Å²) in [5.41, 5.74) is 6.50. The second-order valence-corrected chi connectivity index (χ2v) is 6.56. The smallest absolute Gasteiger partial charge is 0.345 e. The van der Waals surface area contributed by atoms with Crippen molar-refractivity contribution < 1.29 is 19.4 Å². The second kappa shape index (κ2) is 7.92. The highest BCUT2D eigenvalue weighted by molar-refractivity contribution is 5.95. The van der Waals surface area contributed by atoms with Crippen molar-refractivity contribution in [3.63, 3.8) is 0 Å². The third-order valence-corrected chi connectivity index (χ3v) is 4.44. The number of nitrogen functional groups attached to an aromatic ring is 1. The lowest BCUT2D eigenvalue weighted by molar-refractivity contribution is -0.119. The number of nitriles is 1. The third kappa shape index (κ3) is 4.17. The Morgan fingerprint density at radius 3 is 2.82 bits per heavy atom. The molecule has 3 rings (SSSR count). The number of anilines is 1. The largest absolute Gasteiger partial charge is 0.477 e. The first-order valence-corrected chi connectivity index (χ1v) is 8.72. The van der Waals surface area contributed by atoms with Gasteiger partial charge >= 0.3 is 5.97 Å². The van der Waals surface area contributed by atoms with Crippen molar-refractivity contribution in [1.29, 1.82) is 5.26 Å². The molecule has 1 aromatic carbocycles. The minimum atomic E-state index is -1.29. The molecule has 0 bridgehead atoms. The Morgan fingerprint density at radius 2 is 2.14 bits per heavy atom. The maximum atomic E-state index is 11.6. The van der Waals surface area contributed by atoms with Gasteiger partial charge in [-0.1, -0.05) is 12.1 Å². The molecule has 4 N–H and O–H groups in total. The van der Waals surface area contributed by atoms with Crippen LogP contribution in [-0.2, 0) is 4.79 Å². The van der Waals surface area contributed by atoms with E-state index in [0.717, 1.165) is 6.42 Å². The summed E-state index contributed by atoms with van der Waals surface area (Å²) in [5, 5.41) is 21.4. The van der Waals surface area contributed by atoms with Crippen LogP contribution in [0.1, 0.15) is 42.1 Å². The van der Waals surface area contributed by atoms with Gasteiger partial charge in [0.05, 0.1) is 11.6 Å². The molecule has 1 heterocycles. The summed E-state index contributed by atoms with van der Waals surface area (Å²) in [7, 11) is 0. The molecule has 1 aromatic heterocycles. The number of hydrogen-bond acceptors (Lipinski definition) is 7. The quantitative estimate of drug-likeness (QED) is 0.708.